The normalized spacial score (nSPS) is 11.7. The highest BCUT2D eigenvalue weighted by Gasteiger charge is 2.18. The lowest BCUT2D eigenvalue weighted by molar-refractivity contribution is -0.144. The Kier molecular flexibility index (Phi) is 7.39. The number of rotatable bonds is 8. The van der Waals surface area contributed by atoms with Crippen LogP contribution in [0.1, 0.15) is 22.8 Å². The Bertz CT molecular complexity index is 900. The highest BCUT2D eigenvalue weighted by molar-refractivity contribution is 9.10. The fourth-order valence-electron chi connectivity index (χ4n) is 2.23. The Balaban J connectivity index is 2.23. The van der Waals surface area contributed by atoms with Crippen molar-refractivity contribution in [2.24, 2.45) is 5.10 Å². The Hall–Kier alpha value is -3.07. The van der Waals surface area contributed by atoms with Crippen molar-refractivity contribution in [1.82, 2.24) is 5.43 Å². The van der Waals surface area contributed by atoms with Crippen LogP contribution in [-0.2, 0) is 4.79 Å². The van der Waals surface area contributed by atoms with Gasteiger partial charge in [-0.05, 0) is 37.3 Å². The minimum atomic E-state index is -1.12. The maximum absolute atomic E-state index is 12.4. The van der Waals surface area contributed by atoms with Crippen LogP contribution in [0.4, 0.5) is 0 Å². The number of para-hydroxylation sites is 1. The van der Waals surface area contributed by atoms with Gasteiger partial charge >= 0.3 is 5.97 Å². The summed E-state index contributed by atoms with van der Waals surface area (Å²) in [5.41, 5.74) is 3.15. The van der Waals surface area contributed by atoms with Gasteiger partial charge in [0.05, 0.1) is 26.0 Å². The van der Waals surface area contributed by atoms with Crippen molar-refractivity contribution in [2.75, 3.05) is 14.2 Å². The number of ether oxygens (including phenoxy) is 3. The van der Waals surface area contributed by atoms with Crippen LogP contribution in [0, 0.1) is 0 Å². The van der Waals surface area contributed by atoms with E-state index in [-0.39, 0.29) is 5.75 Å². The SMILES string of the molecule is COc1ccc(Br)cc1C(=O)N/N=C\c1cccc(OC)c1O[C@H](C)C(=O)O. The lowest BCUT2D eigenvalue weighted by Crippen LogP contribution is -2.24. The smallest absolute Gasteiger partial charge is 0.344 e. The molecule has 0 aliphatic rings. The van der Waals surface area contributed by atoms with E-state index in [1.165, 1.54) is 27.4 Å². The van der Waals surface area contributed by atoms with Gasteiger partial charge in [-0.1, -0.05) is 22.0 Å². The molecule has 0 saturated heterocycles. The van der Waals surface area contributed by atoms with E-state index in [4.69, 9.17) is 19.3 Å². The molecule has 9 heteroatoms. The number of aliphatic carboxylic acids is 1. The predicted octanol–water partition coefficient (Wildman–Crippen LogP) is 3.08. The molecule has 148 valence electrons. The van der Waals surface area contributed by atoms with Crippen LogP contribution in [0.3, 0.4) is 0 Å². The molecule has 0 aliphatic heterocycles. The Morgan fingerprint density at radius 3 is 2.54 bits per heavy atom. The first kappa shape index (κ1) is 21.2. The van der Waals surface area contributed by atoms with E-state index in [9.17, 15) is 9.59 Å². The van der Waals surface area contributed by atoms with Crippen LogP contribution >= 0.6 is 15.9 Å². The third-order valence-corrected chi connectivity index (χ3v) is 4.14. The number of nitrogens with one attached hydrogen (secondary N) is 1. The second kappa shape index (κ2) is 9.75. The Labute approximate surface area is 170 Å². The van der Waals surface area contributed by atoms with Crippen LogP contribution in [0.25, 0.3) is 0 Å². The number of methoxy groups -OCH3 is 2. The fraction of sp³-hybridized carbons (Fsp3) is 0.211. The molecule has 0 unspecified atom stereocenters. The van der Waals surface area contributed by atoms with E-state index in [1.54, 1.807) is 36.4 Å². The van der Waals surface area contributed by atoms with Crippen molar-refractivity contribution in [2.45, 2.75) is 13.0 Å². The maximum atomic E-state index is 12.4. The molecule has 2 aromatic rings. The number of hydrazone groups is 1. The number of benzene rings is 2. The van der Waals surface area contributed by atoms with E-state index in [2.05, 4.69) is 26.5 Å². The molecule has 2 rings (SSSR count). The molecule has 1 atom stereocenters. The molecule has 0 radical (unpaired) electrons. The summed E-state index contributed by atoms with van der Waals surface area (Å²) >= 11 is 3.31. The topological polar surface area (TPSA) is 106 Å². The number of carboxylic acids is 1. The highest BCUT2D eigenvalue weighted by atomic mass is 79.9. The Morgan fingerprint density at radius 1 is 1.18 bits per heavy atom. The monoisotopic (exact) mass is 450 g/mol. The van der Waals surface area contributed by atoms with Gasteiger partial charge in [0.25, 0.3) is 5.91 Å². The van der Waals surface area contributed by atoms with Gasteiger partial charge < -0.3 is 19.3 Å². The number of halogens is 1. The molecule has 2 N–H and O–H groups in total. The Morgan fingerprint density at radius 2 is 1.89 bits per heavy atom. The van der Waals surface area contributed by atoms with Gasteiger partial charge in [-0.15, -0.1) is 0 Å². The van der Waals surface area contributed by atoms with Crippen LogP contribution in [0.15, 0.2) is 46.0 Å². The summed E-state index contributed by atoms with van der Waals surface area (Å²) in [6, 6.07) is 10.00. The molecule has 0 bridgehead atoms. The summed E-state index contributed by atoms with van der Waals surface area (Å²) in [6.45, 7) is 1.40. The predicted molar refractivity (Wildman–Crippen MR) is 106 cm³/mol. The molecule has 0 aliphatic carbocycles. The van der Waals surface area contributed by atoms with Crippen molar-refractivity contribution in [3.05, 3.63) is 52.0 Å². The van der Waals surface area contributed by atoms with Crippen LogP contribution in [0.5, 0.6) is 17.2 Å². The van der Waals surface area contributed by atoms with Crippen molar-refractivity contribution < 1.29 is 28.9 Å². The van der Waals surface area contributed by atoms with Crippen LogP contribution < -0.4 is 19.6 Å². The quantitative estimate of drug-likeness (QED) is 0.472. The summed E-state index contributed by atoms with van der Waals surface area (Å²) in [5, 5.41) is 13.0. The third-order valence-electron chi connectivity index (χ3n) is 3.65. The number of amides is 1. The van der Waals surface area contributed by atoms with Gasteiger partial charge in [-0.2, -0.15) is 5.10 Å². The summed E-state index contributed by atoms with van der Waals surface area (Å²) < 4.78 is 16.6. The summed E-state index contributed by atoms with van der Waals surface area (Å²) in [7, 11) is 2.91. The zero-order valence-electron chi connectivity index (χ0n) is 15.4. The van der Waals surface area contributed by atoms with Crippen LogP contribution in [0.2, 0.25) is 0 Å². The van der Waals surface area contributed by atoms with Gasteiger partial charge in [0, 0.05) is 10.0 Å². The average Bonchev–Trinajstić information content (AvgIpc) is 2.68. The zero-order valence-corrected chi connectivity index (χ0v) is 17.0. The highest BCUT2D eigenvalue weighted by Crippen LogP contribution is 2.31. The number of carbonyl (C=O) groups excluding carboxylic acids is 1. The summed E-state index contributed by atoms with van der Waals surface area (Å²) in [5.74, 6) is -0.644. The van der Waals surface area contributed by atoms with E-state index < -0.39 is 18.0 Å². The van der Waals surface area contributed by atoms with Crippen molar-refractivity contribution in [3.63, 3.8) is 0 Å². The lowest BCUT2D eigenvalue weighted by Gasteiger charge is -2.15. The molecule has 0 aromatic heterocycles. The first-order valence-corrected chi connectivity index (χ1v) is 8.90. The molecule has 0 spiro atoms. The number of nitrogens with zero attached hydrogens (tertiary/aromatic N) is 1. The minimum absolute atomic E-state index is 0.206. The summed E-state index contributed by atoms with van der Waals surface area (Å²) in [6.07, 6.45) is 0.249. The summed E-state index contributed by atoms with van der Waals surface area (Å²) in [4.78, 5) is 23.5. The van der Waals surface area contributed by atoms with Crippen molar-refractivity contribution in [3.8, 4) is 17.2 Å². The van der Waals surface area contributed by atoms with Crippen molar-refractivity contribution >= 4 is 34.0 Å². The third kappa shape index (κ3) is 5.23. The zero-order chi connectivity index (χ0) is 20.7. The molecule has 1 amide bonds. The number of hydrogen-bond donors (Lipinski definition) is 2. The van der Waals surface area contributed by atoms with E-state index in [0.717, 1.165) is 0 Å². The van der Waals surface area contributed by atoms with E-state index in [0.29, 0.717) is 27.1 Å². The lowest BCUT2D eigenvalue weighted by atomic mass is 10.2. The molecule has 0 heterocycles. The minimum Gasteiger partial charge on any atom is -0.496 e. The largest absolute Gasteiger partial charge is 0.496 e. The molecule has 2 aromatic carbocycles. The average molecular weight is 451 g/mol. The molecule has 28 heavy (non-hydrogen) atoms. The van der Waals surface area contributed by atoms with Gasteiger partial charge in [0.1, 0.15) is 5.75 Å². The molecular weight excluding hydrogens is 432 g/mol. The molecule has 8 nitrogen and oxygen atoms in total. The van der Waals surface area contributed by atoms with E-state index >= 15 is 0 Å². The molecular formula is C19H19BrN2O6. The maximum Gasteiger partial charge on any atom is 0.344 e. The van der Waals surface area contributed by atoms with E-state index in [1.807, 2.05) is 0 Å². The second-order valence-electron chi connectivity index (χ2n) is 5.52. The first-order valence-electron chi connectivity index (χ1n) is 8.10. The molecule has 0 fully saturated rings. The van der Waals surface area contributed by atoms with Gasteiger partial charge in [-0.3, -0.25) is 4.79 Å². The second-order valence-corrected chi connectivity index (χ2v) is 6.44. The van der Waals surface area contributed by atoms with Gasteiger partial charge in [-0.25, -0.2) is 10.2 Å². The standard InChI is InChI=1S/C19H19BrN2O6/c1-11(19(24)25)28-17-12(5-4-6-16(17)27-3)10-21-22-18(23)14-9-13(20)7-8-15(14)26-2/h4-11H,1-3H3,(H,22,23)(H,24,25)/b21-10-/t11-/m1/s1. The number of carboxylic acid groups (broad SMARTS) is 1. The fourth-order valence-corrected chi connectivity index (χ4v) is 2.59. The van der Waals surface area contributed by atoms with Crippen LogP contribution in [-0.4, -0.2) is 43.5 Å². The van der Waals surface area contributed by atoms with Gasteiger partial charge in [0.15, 0.2) is 17.6 Å². The number of hydrogen-bond acceptors (Lipinski definition) is 6. The first-order chi connectivity index (χ1) is 13.4. The van der Waals surface area contributed by atoms with Gasteiger partial charge in [0.2, 0.25) is 0 Å². The van der Waals surface area contributed by atoms with Crippen molar-refractivity contribution in [1.29, 1.82) is 0 Å². The number of carbonyl (C=O) groups is 2. The molecule has 0 saturated carbocycles.